The largest absolute Gasteiger partial charge is 0.497 e. The van der Waals surface area contributed by atoms with Crippen LogP contribution in [0.15, 0.2) is 42.5 Å². The first-order chi connectivity index (χ1) is 13.5. The Morgan fingerprint density at radius 3 is 1.90 bits per heavy atom. The van der Waals surface area contributed by atoms with Gasteiger partial charge in [0.15, 0.2) is 0 Å². The third-order valence-corrected chi connectivity index (χ3v) is 4.80. The molecule has 0 saturated carbocycles. The summed E-state index contributed by atoms with van der Waals surface area (Å²) >= 11 is 0. The van der Waals surface area contributed by atoms with Gasteiger partial charge in [-0.1, -0.05) is 32.9 Å². The number of anilines is 2. The van der Waals surface area contributed by atoms with Crippen LogP contribution in [-0.4, -0.2) is 26.0 Å². The highest BCUT2D eigenvalue weighted by molar-refractivity contribution is 6.14. The zero-order chi connectivity index (χ0) is 21.8. The lowest BCUT2D eigenvalue weighted by atomic mass is 9.87. The maximum Gasteiger partial charge on any atom is 0.239 e. The fourth-order valence-electron chi connectivity index (χ4n) is 2.63. The Morgan fingerprint density at radius 2 is 1.38 bits per heavy atom. The summed E-state index contributed by atoms with van der Waals surface area (Å²) in [6, 6.07) is 12.7. The van der Waals surface area contributed by atoms with E-state index in [0.717, 1.165) is 5.56 Å². The fraction of sp³-hybridized carbons (Fsp3) is 0.391. The molecule has 0 fully saturated rings. The Kier molecular flexibility index (Phi) is 6.57. The van der Waals surface area contributed by atoms with Crippen LogP contribution in [0.4, 0.5) is 11.4 Å². The molecule has 2 N–H and O–H groups in total. The monoisotopic (exact) mass is 398 g/mol. The molecule has 0 unspecified atom stereocenters. The third-order valence-electron chi connectivity index (χ3n) is 4.80. The van der Waals surface area contributed by atoms with E-state index < -0.39 is 17.2 Å². The van der Waals surface area contributed by atoms with Gasteiger partial charge >= 0.3 is 0 Å². The minimum Gasteiger partial charge on any atom is -0.497 e. The van der Waals surface area contributed by atoms with E-state index >= 15 is 0 Å². The van der Waals surface area contributed by atoms with Crippen molar-refractivity contribution < 1.29 is 19.1 Å². The molecule has 0 atom stereocenters. The number of benzene rings is 2. The maximum atomic E-state index is 12.9. The van der Waals surface area contributed by atoms with Gasteiger partial charge in [-0.15, -0.1) is 0 Å². The molecule has 29 heavy (non-hydrogen) atoms. The van der Waals surface area contributed by atoms with Gasteiger partial charge in [0.1, 0.15) is 16.9 Å². The van der Waals surface area contributed by atoms with E-state index in [0.29, 0.717) is 22.9 Å². The van der Waals surface area contributed by atoms with Crippen molar-refractivity contribution in [2.45, 2.75) is 40.0 Å². The van der Waals surface area contributed by atoms with Crippen molar-refractivity contribution in [2.24, 2.45) is 5.41 Å². The van der Waals surface area contributed by atoms with E-state index in [-0.39, 0.29) is 5.41 Å². The first-order valence-corrected chi connectivity index (χ1v) is 9.44. The number of carbonyl (C=O) groups is 2. The summed E-state index contributed by atoms with van der Waals surface area (Å²) in [4.78, 5) is 25.6. The van der Waals surface area contributed by atoms with Gasteiger partial charge < -0.3 is 20.1 Å². The highest BCUT2D eigenvalue weighted by atomic mass is 16.5. The van der Waals surface area contributed by atoms with Gasteiger partial charge in [-0.3, -0.25) is 9.59 Å². The van der Waals surface area contributed by atoms with E-state index in [1.165, 1.54) is 14.2 Å². The summed E-state index contributed by atoms with van der Waals surface area (Å²) < 4.78 is 10.5. The number of methoxy groups -OCH3 is 2. The van der Waals surface area contributed by atoms with E-state index in [2.05, 4.69) is 31.4 Å². The lowest BCUT2D eigenvalue weighted by Gasteiger charge is -2.24. The van der Waals surface area contributed by atoms with Crippen LogP contribution in [-0.2, 0) is 15.0 Å². The van der Waals surface area contributed by atoms with Gasteiger partial charge in [0, 0.05) is 11.8 Å². The topological polar surface area (TPSA) is 76.7 Å². The molecule has 0 spiro atoms. The summed E-state index contributed by atoms with van der Waals surface area (Å²) in [7, 11) is 3.05. The van der Waals surface area contributed by atoms with Gasteiger partial charge in [0.25, 0.3) is 0 Å². The molecule has 2 aromatic carbocycles. The van der Waals surface area contributed by atoms with Gasteiger partial charge in [-0.2, -0.15) is 0 Å². The summed E-state index contributed by atoms with van der Waals surface area (Å²) in [5.74, 6) is 0.198. The zero-order valence-corrected chi connectivity index (χ0v) is 18.2. The number of hydrogen-bond acceptors (Lipinski definition) is 4. The molecular formula is C23H30N2O4. The lowest BCUT2D eigenvalue weighted by molar-refractivity contribution is -0.135. The van der Waals surface area contributed by atoms with Crippen molar-refractivity contribution in [1.29, 1.82) is 0 Å². The normalized spacial score (nSPS) is 11.6. The van der Waals surface area contributed by atoms with Crippen LogP contribution in [0.1, 0.15) is 40.2 Å². The molecule has 156 valence electrons. The summed E-state index contributed by atoms with van der Waals surface area (Å²) in [5.41, 5.74) is 0.960. The van der Waals surface area contributed by atoms with Crippen molar-refractivity contribution in [3.63, 3.8) is 0 Å². The molecule has 0 heterocycles. The first kappa shape index (κ1) is 22.3. The molecule has 2 amide bonds. The SMILES string of the molecule is COc1ccc(OC)c(NC(=O)C(C)(C)C(=O)Nc2ccc(C(C)(C)C)cc2)c1. The minimum absolute atomic E-state index is 0.0253. The van der Waals surface area contributed by atoms with Crippen molar-refractivity contribution in [3.8, 4) is 11.5 Å². The molecule has 2 rings (SSSR count). The quantitative estimate of drug-likeness (QED) is 0.697. The number of ether oxygens (including phenoxy) is 2. The number of nitrogens with one attached hydrogen (secondary N) is 2. The molecule has 0 aliphatic rings. The Labute approximate surface area is 172 Å². The molecular weight excluding hydrogens is 368 g/mol. The molecule has 0 radical (unpaired) electrons. The summed E-state index contributed by atoms with van der Waals surface area (Å²) in [6.07, 6.45) is 0. The Balaban J connectivity index is 2.15. The number of carbonyl (C=O) groups excluding carboxylic acids is 2. The van der Waals surface area contributed by atoms with E-state index in [1.54, 1.807) is 32.0 Å². The van der Waals surface area contributed by atoms with Crippen molar-refractivity contribution >= 4 is 23.2 Å². The van der Waals surface area contributed by atoms with Crippen LogP contribution in [0.2, 0.25) is 0 Å². The molecule has 0 aliphatic carbocycles. The average molecular weight is 399 g/mol. The highest BCUT2D eigenvalue weighted by Gasteiger charge is 2.36. The van der Waals surface area contributed by atoms with Crippen molar-refractivity contribution in [2.75, 3.05) is 24.9 Å². The summed E-state index contributed by atoms with van der Waals surface area (Å²) in [6.45, 7) is 9.53. The standard InChI is InChI=1S/C23H30N2O4/c1-22(2,3)15-8-10-16(11-9-15)24-20(26)23(4,5)21(27)25-18-14-17(28-6)12-13-19(18)29-7/h8-14H,1-7H3,(H,24,26)(H,25,27). The highest BCUT2D eigenvalue weighted by Crippen LogP contribution is 2.31. The fourth-order valence-corrected chi connectivity index (χ4v) is 2.63. The second-order valence-corrected chi connectivity index (χ2v) is 8.43. The van der Waals surface area contributed by atoms with Gasteiger partial charge in [-0.25, -0.2) is 0 Å². The molecule has 0 aliphatic heterocycles. The first-order valence-electron chi connectivity index (χ1n) is 9.44. The van der Waals surface area contributed by atoms with Crippen LogP contribution in [0.5, 0.6) is 11.5 Å². The molecule has 0 bridgehead atoms. The predicted octanol–water partition coefficient (Wildman–Crippen LogP) is 4.60. The molecule has 0 aromatic heterocycles. The second-order valence-electron chi connectivity index (χ2n) is 8.43. The third kappa shape index (κ3) is 5.28. The number of amides is 2. The molecule has 0 saturated heterocycles. The smallest absolute Gasteiger partial charge is 0.239 e. The zero-order valence-electron chi connectivity index (χ0n) is 18.2. The Bertz CT molecular complexity index is 881. The van der Waals surface area contributed by atoms with Crippen LogP contribution in [0.3, 0.4) is 0 Å². The van der Waals surface area contributed by atoms with E-state index in [4.69, 9.17) is 9.47 Å². The maximum absolute atomic E-state index is 12.9. The van der Waals surface area contributed by atoms with Gasteiger partial charge in [0.05, 0.1) is 19.9 Å². The number of hydrogen-bond donors (Lipinski definition) is 2. The van der Waals surface area contributed by atoms with Crippen LogP contribution in [0, 0.1) is 5.41 Å². The Hall–Kier alpha value is -3.02. The van der Waals surface area contributed by atoms with E-state index in [9.17, 15) is 9.59 Å². The van der Waals surface area contributed by atoms with Crippen molar-refractivity contribution in [3.05, 3.63) is 48.0 Å². The van der Waals surface area contributed by atoms with E-state index in [1.807, 2.05) is 24.3 Å². The lowest BCUT2D eigenvalue weighted by Crippen LogP contribution is -2.41. The van der Waals surface area contributed by atoms with Crippen LogP contribution >= 0.6 is 0 Å². The number of rotatable bonds is 6. The van der Waals surface area contributed by atoms with Crippen LogP contribution < -0.4 is 20.1 Å². The van der Waals surface area contributed by atoms with Crippen LogP contribution in [0.25, 0.3) is 0 Å². The average Bonchev–Trinajstić information content (AvgIpc) is 2.67. The second kappa shape index (κ2) is 8.55. The summed E-state index contributed by atoms with van der Waals surface area (Å²) in [5, 5.41) is 5.59. The van der Waals surface area contributed by atoms with Crippen molar-refractivity contribution in [1.82, 2.24) is 0 Å². The molecule has 6 nitrogen and oxygen atoms in total. The molecule has 6 heteroatoms. The predicted molar refractivity (Wildman–Crippen MR) is 116 cm³/mol. The van der Waals surface area contributed by atoms with Gasteiger partial charge in [-0.05, 0) is 49.1 Å². The minimum atomic E-state index is -1.31. The van der Waals surface area contributed by atoms with Gasteiger partial charge in [0.2, 0.25) is 11.8 Å². The molecule has 2 aromatic rings. The Morgan fingerprint density at radius 1 is 0.793 bits per heavy atom.